The first kappa shape index (κ1) is 15.2. The number of anilines is 1. The Morgan fingerprint density at radius 1 is 1.24 bits per heavy atom. The van der Waals surface area contributed by atoms with Crippen molar-refractivity contribution in [1.82, 2.24) is 0 Å². The number of sulfonamides is 1. The summed E-state index contributed by atoms with van der Waals surface area (Å²) in [7, 11) is -3.67. The molecule has 2 heterocycles. The molecule has 1 aliphatic rings. The maximum absolute atomic E-state index is 12.9. The van der Waals surface area contributed by atoms with E-state index in [0.717, 1.165) is 41.0 Å². The first-order valence-corrected chi connectivity index (χ1v) is 9.48. The molecule has 0 atom stereocenters. The number of fused-ring (bicyclic) bond motifs is 1. The van der Waals surface area contributed by atoms with Crippen LogP contribution in [0.4, 0.5) is 5.69 Å². The molecule has 1 aromatic heterocycles. The van der Waals surface area contributed by atoms with E-state index < -0.39 is 10.0 Å². The molecule has 0 N–H and O–H groups in total. The molecule has 0 fully saturated rings. The van der Waals surface area contributed by atoms with E-state index in [1.54, 1.807) is 0 Å². The molecular formula is C14H13Cl2NO2S2. The zero-order valence-corrected chi connectivity index (χ0v) is 14.4. The van der Waals surface area contributed by atoms with Crippen molar-refractivity contribution in [3.8, 4) is 0 Å². The molecule has 0 saturated carbocycles. The standard InChI is InChI=1S/C14H13Cl2NO2S2/c1-9-4-5-11-10(7-9)3-2-6-17(11)21(18,19)12-8-13(15)20-14(12)16/h4-5,7-8H,2-3,6H2,1H3. The molecule has 0 radical (unpaired) electrons. The number of hydrogen-bond donors (Lipinski definition) is 0. The number of benzene rings is 1. The van der Waals surface area contributed by atoms with E-state index >= 15 is 0 Å². The minimum atomic E-state index is -3.67. The minimum Gasteiger partial charge on any atom is -0.266 e. The normalized spacial score (nSPS) is 15.1. The Morgan fingerprint density at radius 3 is 2.67 bits per heavy atom. The molecule has 1 aliphatic heterocycles. The quantitative estimate of drug-likeness (QED) is 0.789. The lowest BCUT2D eigenvalue weighted by atomic mass is 10.0. The maximum Gasteiger partial charge on any atom is 0.266 e. The van der Waals surface area contributed by atoms with E-state index in [1.165, 1.54) is 10.4 Å². The summed E-state index contributed by atoms with van der Waals surface area (Å²) >= 11 is 13.0. The number of nitrogens with zero attached hydrogens (tertiary/aromatic N) is 1. The van der Waals surface area contributed by atoms with Gasteiger partial charge in [-0.2, -0.15) is 0 Å². The Hall–Kier alpha value is -0.750. The van der Waals surface area contributed by atoms with Crippen LogP contribution in [0.1, 0.15) is 17.5 Å². The second-order valence-corrected chi connectivity index (χ2v) is 9.12. The fourth-order valence-electron chi connectivity index (χ4n) is 2.56. The number of rotatable bonds is 2. The van der Waals surface area contributed by atoms with Crippen molar-refractivity contribution in [2.45, 2.75) is 24.7 Å². The highest BCUT2D eigenvalue weighted by atomic mass is 35.5. The molecule has 0 saturated heterocycles. The van der Waals surface area contributed by atoms with Crippen LogP contribution in [0.3, 0.4) is 0 Å². The molecule has 3 rings (SSSR count). The van der Waals surface area contributed by atoms with Gasteiger partial charge in [-0.15, -0.1) is 11.3 Å². The van der Waals surface area contributed by atoms with Crippen molar-refractivity contribution in [2.75, 3.05) is 10.8 Å². The van der Waals surface area contributed by atoms with Gasteiger partial charge in [-0.05, 0) is 37.5 Å². The Bertz CT molecular complexity index is 799. The van der Waals surface area contributed by atoms with Gasteiger partial charge in [-0.1, -0.05) is 40.9 Å². The van der Waals surface area contributed by atoms with Crippen molar-refractivity contribution >= 4 is 50.2 Å². The molecule has 7 heteroatoms. The zero-order chi connectivity index (χ0) is 15.2. The maximum atomic E-state index is 12.9. The van der Waals surface area contributed by atoms with Crippen molar-refractivity contribution in [3.05, 3.63) is 44.1 Å². The summed E-state index contributed by atoms with van der Waals surface area (Å²) in [5, 5.41) is 0. The Kier molecular flexibility index (Phi) is 3.94. The van der Waals surface area contributed by atoms with E-state index in [1.807, 2.05) is 25.1 Å². The molecule has 1 aromatic carbocycles. The largest absolute Gasteiger partial charge is 0.266 e. The summed E-state index contributed by atoms with van der Waals surface area (Å²) in [5.41, 5.74) is 2.93. The van der Waals surface area contributed by atoms with E-state index in [9.17, 15) is 8.42 Å². The van der Waals surface area contributed by atoms with Crippen LogP contribution in [0.5, 0.6) is 0 Å². The number of halogens is 2. The third-order valence-electron chi connectivity index (χ3n) is 3.50. The van der Waals surface area contributed by atoms with Crippen molar-refractivity contribution in [1.29, 1.82) is 0 Å². The van der Waals surface area contributed by atoms with Gasteiger partial charge in [0.05, 0.1) is 10.0 Å². The van der Waals surface area contributed by atoms with E-state index in [-0.39, 0.29) is 9.23 Å². The Morgan fingerprint density at radius 2 is 2.00 bits per heavy atom. The van der Waals surface area contributed by atoms with Crippen LogP contribution < -0.4 is 4.31 Å². The third kappa shape index (κ3) is 2.68. The molecule has 21 heavy (non-hydrogen) atoms. The summed E-state index contributed by atoms with van der Waals surface area (Å²) in [6.07, 6.45) is 1.69. The van der Waals surface area contributed by atoms with Gasteiger partial charge in [-0.25, -0.2) is 8.42 Å². The lowest BCUT2D eigenvalue weighted by Crippen LogP contribution is -2.35. The minimum absolute atomic E-state index is 0.0904. The first-order chi connectivity index (χ1) is 9.89. The summed E-state index contributed by atoms with van der Waals surface area (Å²) in [5.74, 6) is 0. The monoisotopic (exact) mass is 361 g/mol. The summed E-state index contributed by atoms with van der Waals surface area (Å²) in [6, 6.07) is 7.25. The number of hydrogen-bond acceptors (Lipinski definition) is 3. The van der Waals surface area contributed by atoms with Crippen molar-refractivity contribution < 1.29 is 8.42 Å². The highest BCUT2D eigenvalue weighted by Gasteiger charge is 2.31. The van der Waals surface area contributed by atoms with Gasteiger partial charge in [0.25, 0.3) is 10.0 Å². The van der Waals surface area contributed by atoms with Crippen LogP contribution in [0, 0.1) is 6.92 Å². The van der Waals surface area contributed by atoms with Gasteiger partial charge in [0, 0.05) is 6.54 Å². The second kappa shape index (κ2) is 5.47. The smallest absolute Gasteiger partial charge is 0.266 e. The Balaban J connectivity index is 2.12. The zero-order valence-electron chi connectivity index (χ0n) is 11.3. The predicted octanol–water partition coefficient (Wildman–Crippen LogP) is 4.50. The molecule has 3 nitrogen and oxygen atoms in total. The van der Waals surface area contributed by atoms with Gasteiger partial charge >= 0.3 is 0 Å². The molecule has 0 amide bonds. The van der Waals surface area contributed by atoms with Crippen LogP contribution in [0.25, 0.3) is 0 Å². The molecule has 112 valence electrons. The lowest BCUT2D eigenvalue weighted by molar-refractivity contribution is 0.587. The van der Waals surface area contributed by atoms with Crippen LogP contribution in [0.15, 0.2) is 29.2 Å². The van der Waals surface area contributed by atoms with Gasteiger partial charge in [-0.3, -0.25) is 4.31 Å². The number of thiophene rings is 1. The summed E-state index contributed by atoms with van der Waals surface area (Å²) in [4.78, 5) is 0.0904. The highest BCUT2D eigenvalue weighted by molar-refractivity contribution is 7.93. The van der Waals surface area contributed by atoms with Crippen molar-refractivity contribution in [2.24, 2.45) is 0 Å². The molecule has 0 spiro atoms. The topological polar surface area (TPSA) is 37.4 Å². The van der Waals surface area contributed by atoms with Gasteiger partial charge < -0.3 is 0 Å². The van der Waals surface area contributed by atoms with Crippen molar-refractivity contribution in [3.63, 3.8) is 0 Å². The Labute approximate surface area is 138 Å². The molecule has 0 unspecified atom stereocenters. The van der Waals surface area contributed by atoms with Crippen LogP contribution in [0.2, 0.25) is 8.67 Å². The molecule has 2 aromatic rings. The van der Waals surface area contributed by atoms with Crippen LogP contribution in [-0.4, -0.2) is 15.0 Å². The molecule has 0 aliphatic carbocycles. The van der Waals surface area contributed by atoms with Gasteiger partial charge in [0.2, 0.25) is 0 Å². The average Bonchev–Trinajstić information content (AvgIpc) is 2.77. The lowest BCUT2D eigenvalue weighted by Gasteiger charge is -2.30. The SMILES string of the molecule is Cc1ccc2c(c1)CCCN2S(=O)(=O)c1cc(Cl)sc1Cl. The third-order valence-corrected chi connectivity index (χ3v) is 7.07. The second-order valence-electron chi connectivity index (χ2n) is 5.00. The fraction of sp³-hybridized carbons (Fsp3) is 0.286. The van der Waals surface area contributed by atoms with Gasteiger partial charge in [0.15, 0.2) is 0 Å². The molecular weight excluding hydrogens is 349 g/mol. The van der Waals surface area contributed by atoms with Gasteiger partial charge in [0.1, 0.15) is 9.23 Å². The molecule has 0 bridgehead atoms. The fourth-order valence-corrected chi connectivity index (χ4v) is 6.22. The average molecular weight is 362 g/mol. The number of aryl methyl sites for hydroxylation is 2. The predicted molar refractivity (Wildman–Crippen MR) is 88.4 cm³/mol. The summed E-state index contributed by atoms with van der Waals surface area (Å²) in [6.45, 7) is 2.46. The van der Waals surface area contributed by atoms with E-state index in [2.05, 4.69) is 0 Å². The van der Waals surface area contributed by atoms with Crippen LogP contribution in [-0.2, 0) is 16.4 Å². The van der Waals surface area contributed by atoms with E-state index in [4.69, 9.17) is 23.2 Å². The summed E-state index contributed by atoms with van der Waals surface area (Å²) < 4.78 is 27.7. The first-order valence-electron chi connectivity index (χ1n) is 6.47. The van der Waals surface area contributed by atoms with Crippen LogP contribution >= 0.6 is 34.5 Å². The highest BCUT2D eigenvalue weighted by Crippen LogP contribution is 2.39. The van der Waals surface area contributed by atoms with E-state index in [0.29, 0.717) is 10.9 Å².